The molecule has 0 saturated carbocycles. The third-order valence-corrected chi connectivity index (χ3v) is 4.23. The standard InChI is InChI=1S/C20H21NO4/c1-4-24-19(22)18(20(23)25-5-2)17-15-9-7-6-8-13(15)14-10-11-21(3)12-16(14)17/h6-12,18H,4-5H2,1-3H3. The van der Waals surface area contributed by atoms with E-state index >= 15 is 0 Å². The van der Waals surface area contributed by atoms with Crippen molar-refractivity contribution in [2.24, 2.45) is 7.05 Å². The fourth-order valence-electron chi connectivity index (χ4n) is 3.24. The smallest absolute Gasteiger partial charge is 0.324 e. The summed E-state index contributed by atoms with van der Waals surface area (Å²) in [5.74, 6) is -2.25. The normalized spacial score (nSPS) is 11.2. The number of rotatable bonds is 5. The Labute approximate surface area is 146 Å². The van der Waals surface area contributed by atoms with Gasteiger partial charge in [-0.1, -0.05) is 24.3 Å². The quantitative estimate of drug-likeness (QED) is 0.527. The number of fused-ring (bicyclic) bond motifs is 3. The van der Waals surface area contributed by atoms with Crippen LogP contribution in [0.5, 0.6) is 0 Å². The maximum Gasteiger partial charge on any atom is 0.324 e. The molecule has 0 bridgehead atoms. The molecule has 2 aliphatic rings. The van der Waals surface area contributed by atoms with Crippen LogP contribution >= 0.6 is 0 Å². The predicted molar refractivity (Wildman–Crippen MR) is 95.5 cm³/mol. The van der Waals surface area contributed by atoms with Gasteiger partial charge in [0.25, 0.3) is 0 Å². The van der Waals surface area contributed by atoms with Gasteiger partial charge in [0.15, 0.2) is 5.92 Å². The molecule has 0 radical (unpaired) electrons. The van der Waals surface area contributed by atoms with Crippen LogP contribution in [0.25, 0.3) is 21.9 Å². The molecule has 0 spiro atoms. The first-order valence-electron chi connectivity index (χ1n) is 8.38. The summed E-state index contributed by atoms with van der Waals surface area (Å²) in [7, 11) is 1.91. The number of hydrogen-bond donors (Lipinski definition) is 0. The van der Waals surface area contributed by atoms with E-state index in [1.54, 1.807) is 13.8 Å². The first-order chi connectivity index (χ1) is 12.1. The van der Waals surface area contributed by atoms with Gasteiger partial charge >= 0.3 is 11.9 Å². The Hall–Kier alpha value is -2.82. The molecule has 5 nitrogen and oxygen atoms in total. The van der Waals surface area contributed by atoms with Gasteiger partial charge in [-0.05, 0) is 41.8 Å². The molecular weight excluding hydrogens is 318 g/mol. The molecule has 1 aromatic rings. The second-order valence-corrected chi connectivity index (χ2v) is 5.83. The highest BCUT2D eigenvalue weighted by molar-refractivity contribution is 6.13. The molecule has 1 aliphatic heterocycles. The van der Waals surface area contributed by atoms with E-state index in [1.165, 1.54) is 0 Å². The lowest BCUT2D eigenvalue weighted by Crippen LogP contribution is -2.26. The topological polar surface area (TPSA) is 57.5 Å². The van der Waals surface area contributed by atoms with Gasteiger partial charge in [-0.25, -0.2) is 0 Å². The van der Waals surface area contributed by atoms with Crippen LogP contribution in [-0.4, -0.2) is 29.7 Å². The van der Waals surface area contributed by atoms with Gasteiger partial charge in [-0.2, -0.15) is 0 Å². The van der Waals surface area contributed by atoms with E-state index in [2.05, 4.69) is 0 Å². The number of carbonyl (C=O) groups is 2. The number of aryl methyl sites for hydroxylation is 1. The van der Waals surface area contributed by atoms with Crippen LogP contribution in [0.4, 0.5) is 0 Å². The summed E-state index contributed by atoms with van der Waals surface area (Å²) in [4.78, 5) is 25.2. The minimum Gasteiger partial charge on any atom is -0.465 e. The summed E-state index contributed by atoms with van der Waals surface area (Å²) in [6.45, 7) is 3.86. The van der Waals surface area contributed by atoms with Crippen LogP contribution in [0.3, 0.4) is 0 Å². The number of pyridine rings is 1. The monoisotopic (exact) mass is 339 g/mol. The van der Waals surface area contributed by atoms with Crippen molar-refractivity contribution in [1.82, 2.24) is 4.57 Å². The number of benzene rings is 1. The molecule has 0 atom stereocenters. The Morgan fingerprint density at radius 2 is 1.56 bits per heavy atom. The Morgan fingerprint density at radius 3 is 2.16 bits per heavy atom. The molecule has 3 rings (SSSR count). The van der Waals surface area contributed by atoms with Gasteiger partial charge in [-0.3, -0.25) is 9.59 Å². The predicted octanol–water partition coefficient (Wildman–Crippen LogP) is 3.49. The SMILES string of the molecule is CCOC(=O)C(C(=O)OCC)c1c2cn(C)ccc-2c2ccccc12. The minimum atomic E-state index is -1.09. The van der Waals surface area contributed by atoms with Gasteiger partial charge in [0, 0.05) is 25.0 Å². The van der Waals surface area contributed by atoms with Crippen LogP contribution in [0.1, 0.15) is 25.3 Å². The lowest BCUT2D eigenvalue weighted by molar-refractivity contribution is -0.156. The lowest BCUT2D eigenvalue weighted by Gasteiger charge is -2.16. The molecule has 0 amide bonds. The van der Waals surface area contributed by atoms with Crippen LogP contribution in [-0.2, 0) is 26.1 Å². The van der Waals surface area contributed by atoms with E-state index in [0.29, 0.717) is 5.56 Å². The zero-order valence-corrected chi connectivity index (χ0v) is 14.6. The fourth-order valence-corrected chi connectivity index (χ4v) is 3.24. The first-order valence-corrected chi connectivity index (χ1v) is 8.38. The molecule has 0 unspecified atom stereocenters. The Morgan fingerprint density at radius 1 is 0.960 bits per heavy atom. The highest BCUT2D eigenvalue weighted by Gasteiger charge is 2.36. The van der Waals surface area contributed by atoms with E-state index in [1.807, 2.05) is 54.3 Å². The summed E-state index contributed by atoms with van der Waals surface area (Å²) in [6.07, 6.45) is 3.87. The van der Waals surface area contributed by atoms with Crippen molar-refractivity contribution in [1.29, 1.82) is 0 Å². The van der Waals surface area contributed by atoms with Crippen molar-refractivity contribution < 1.29 is 19.1 Å². The number of carbonyl (C=O) groups excluding carboxylic acids is 2. The average Bonchev–Trinajstić information content (AvgIpc) is 2.90. The Balaban J connectivity index is 2.30. The molecular formula is C20H21NO4. The summed E-state index contributed by atoms with van der Waals surface area (Å²) in [6, 6.07) is 9.76. The average molecular weight is 339 g/mol. The number of hydrogen-bond acceptors (Lipinski definition) is 4. The second kappa shape index (κ2) is 6.97. The number of aromatic nitrogens is 1. The van der Waals surface area contributed by atoms with Gasteiger partial charge < -0.3 is 14.0 Å². The summed E-state index contributed by atoms with van der Waals surface area (Å²) in [5, 5.41) is 1.88. The van der Waals surface area contributed by atoms with E-state index < -0.39 is 17.9 Å². The molecule has 0 fully saturated rings. The van der Waals surface area contributed by atoms with Crippen LogP contribution in [0, 0.1) is 0 Å². The zero-order chi connectivity index (χ0) is 18.0. The van der Waals surface area contributed by atoms with E-state index in [-0.39, 0.29) is 13.2 Å². The summed E-state index contributed by atoms with van der Waals surface area (Å²) >= 11 is 0. The maximum absolute atomic E-state index is 12.6. The zero-order valence-electron chi connectivity index (χ0n) is 14.6. The number of ether oxygens (including phenoxy) is 2. The largest absolute Gasteiger partial charge is 0.465 e. The van der Waals surface area contributed by atoms with Gasteiger partial charge in [-0.15, -0.1) is 0 Å². The third kappa shape index (κ3) is 2.97. The van der Waals surface area contributed by atoms with Crippen molar-refractivity contribution in [2.45, 2.75) is 19.8 Å². The highest BCUT2D eigenvalue weighted by atomic mass is 16.6. The van der Waals surface area contributed by atoms with E-state index in [4.69, 9.17) is 9.47 Å². The van der Waals surface area contributed by atoms with Crippen molar-refractivity contribution in [2.75, 3.05) is 13.2 Å². The Kier molecular flexibility index (Phi) is 4.74. The van der Waals surface area contributed by atoms with E-state index in [0.717, 1.165) is 21.9 Å². The molecule has 130 valence electrons. The molecule has 1 aromatic carbocycles. The van der Waals surface area contributed by atoms with Crippen molar-refractivity contribution in [3.05, 3.63) is 48.3 Å². The van der Waals surface area contributed by atoms with Crippen LogP contribution < -0.4 is 0 Å². The van der Waals surface area contributed by atoms with Crippen LogP contribution in [0.2, 0.25) is 0 Å². The molecule has 1 heterocycles. The molecule has 1 aliphatic carbocycles. The number of esters is 2. The number of nitrogens with zero attached hydrogens (tertiary/aromatic N) is 1. The first kappa shape index (κ1) is 17.0. The molecule has 0 aromatic heterocycles. The van der Waals surface area contributed by atoms with Crippen molar-refractivity contribution in [3.63, 3.8) is 0 Å². The molecule has 25 heavy (non-hydrogen) atoms. The van der Waals surface area contributed by atoms with E-state index in [9.17, 15) is 9.59 Å². The van der Waals surface area contributed by atoms with Gasteiger partial charge in [0.2, 0.25) is 0 Å². The Bertz CT molecular complexity index is 878. The lowest BCUT2D eigenvalue weighted by atomic mass is 9.95. The third-order valence-electron chi connectivity index (χ3n) is 4.23. The van der Waals surface area contributed by atoms with Crippen LogP contribution in [0.15, 0.2) is 42.7 Å². The van der Waals surface area contributed by atoms with Crippen molar-refractivity contribution >= 4 is 22.7 Å². The fraction of sp³-hybridized carbons (Fsp3) is 0.300. The molecule has 0 N–H and O–H groups in total. The minimum absolute atomic E-state index is 0.207. The van der Waals surface area contributed by atoms with Gasteiger partial charge in [0.1, 0.15) is 0 Å². The van der Waals surface area contributed by atoms with Gasteiger partial charge in [0.05, 0.1) is 13.2 Å². The second-order valence-electron chi connectivity index (χ2n) is 5.83. The summed E-state index contributed by atoms with van der Waals surface area (Å²) in [5.41, 5.74) is 2.51. The molecule has 5 heteroatoms. The highest BCUT2D eigenvalue weighted by Crippen LogP contribution is 2.43. The maximum atomic E-state index is 12.6. The summed E-state index contributed by atoms with van der Waals surface area (Å²) < 4.78 is 12.3. The van der Waals surface area contributed by atoms with Crippen molar-refractivity contribution in [3.8, 4) is 11.1 Å². The molecule has 0 saturated heterocycles.